The molecule has 3 heteroatoms. The third kappa shape index (κ3) is 11.0. The Morgan fingerprint density at radius 3 is 2.29 bits per heavy atom. The molecule has 0 aliphatic carbocycles. The van der Waals surface area contributed by atoms with Crippen LogP contribution in [0.1, 0.15) is 53.4 Å². The summed E-state index contributed by atoms with van der Waals surface area (Å²) < 4.78 is 6.29. The van der Waals surface area contributed by atoms with Gasteiger partial charge in [-0.2, -0.15) is 0 Å². The van der Waals surface area contributed by atoms with Crippen LogP contribution in [0.2, 0.25) is 0 Å². The quantitative estimate of drug-likeness (QED) is 0.347. The van der Waals surface area contributed by atoms with Gasteiger partial charge >= 0.3 is 5.97 Å². The Hall–Kier alpha value is 0.200. The summed E-state index contributed by atoms with van der Waals surface area (Å²) in [4.78, 5) is 11.5. The zero-order valence-corrected chi connectivity index (χ0v) is 13.8. The molecule has 0 aliphatic rings. The van der Waals surface area contributed by atoms with E-state index in [4.69, 9.17) is 4.74 Å². The second-order valence-corrected chi connectivity index (χ2v) is 6.46. The van der Waals surface area contributed by atoms with Crippen LogP contribution in [0.3, 0.4) is 0 Å². The first-order valence-corrected chi connectivity index (χ1v) is 8.19. The molecule has 0 aromatic carbocycles. The zero-order chi connectivity index (χ0) is 13.3. The number of carbonyl (C=O) groups excluding carboxylic acids is 1. The average Bonchev–Trinajstić information content (AvgIpc) is 2.25. The minimum absolute atomic E-state index is 0.0289. The van der Waals surface area contributed by atoms with Gasteiger partial charge in [-0.15, -0.1) is 0 Å². The molecule has 0 aromatic heterocycles. The number of esters is 1. The highest BCUT2D eigenvalue weighted by molar-refractivity contribution is 14.1. The van der Waals surface area contributed by atoms with Crippen molar-refractivity contribution < 1.29 is 9.53 Å². The molecule has 0 aromatic rings. The van der Waals surface area contributed by atoms with Gasteiger partial charge in [0.1, 0.15) is 0 Å². The SMILES string of the molecule is CC(C)CCC[C@@H](C)CC(=O)OC[C@@H](C)CI. The first-order valence-electron chi connectivity index (χ1n) is 6.67. The van der Waals surface area contributed by atoms with Crippen molar-refractivity contribution >= 4 is 28.6 Å². The van der Waals surface area contributed by atoms with E-state index in [1.54, 1.807) is 0 Å². The molecule has 0 radical (unpaired) electrons. The summed E-state index contributed by atoms with van der Waals surface area (Å²) in [7, 11) is 0. The van der Waals surface area contributed by atoms with E-state index in [2.05, 4.69) is 50.3 Å². The molecule has 2 atom stereocenters. The van der Waals surface area contributed by atoms with Gasteiger partial charge in [0.05, 0.1) is 6.61 Å². The van der Waals surface area contributed by atoms with Crippen molar-refractivity contribution in [2.75, 3.05) is 11.0 Å². The van der Waals surface area contributed by atoms with E-state index in [1.807, 2.05) is 0 Å². The van der Waals surface area contributed by atoms with Gasteiger partial charge in [-0.1, -0.05) is 69.5 Å². The molecule has 0 rings (SSSR count). The maximum Gasteiger partial charge on any atom is 0.306 e. The van der Waals surface area contributed by atoms with Gasteiger partial charge in [0.2, 0.25) is 0 Å². The number of rotatable bonds is 9. The van der Waals surface area contributed by atoms with Crippen LogP contribution in [0.25, 0.3) is 0 Å². The molecule has 0 bridgehead atoms. The van der Waals surface area contributed by atoms with Crippen molar-refractivity contribution in [3.8, 4) is 0 Å². The van der Waals surface area contributed by atoms with Gasteiger partial charge in [-0.25, -0.2) is 0 Å². The van der Waals surface area contributed by atoms with E-state index in [0.29, 0.717) is 24.9 Å². The van der Waals surface area contributed by atoms with Crippen LogP contribution in [0.15, 0.2) is 0 Å². The molecule has 17 heavy (non-hydrogen) atoms. The van der Waals surface area contributed by atoms with Gasteiger partial charge in [-0.05, 0) is 17.8 Å². The fourth-order valence-corrected chi connectivity index (χ4v) is 1.85. The summed E-state index contributed by atoms with van der Waals surface area (Å²) in [6.45, 7) is 9.30. The lowest BCUT2D eigenvalue weighted by molar-refractivity contribution is -0.145. The first kappa shape index (κ1) is 17.2. The fourth-order valence-electron chi connectivity index (χ4n) is 1.60. The van der Waals surface area contributed by atoms with Crippen LogP contribution in [0.5, 0.6) is 0 Å². The molecular weight excluding hydrogens is 327 g/mol. The Morgan fingerprint density at radius 2 is 1.76 bits per heavy atom. The Labute approximate surface area is 120 Å². The molecule has 0 N–H and O–H groups in total. The highest BCUT2D eigenvalue weighted by Crippen LogP contribution is 2.16. The minimum atomic E-state index is -0.0289. The monoisotopic (exact) mass is 354 g/mol. The topological polar surface area (TPSA) is 26.3 Å². The van der Waals surface area contributed by atoms with E-state index in [1.165, 1.54) is 12.8 Å². The lowest BCUT2D eigenvalue weighted by Gasteiger charge is -2.13. The Bertz CT molecular complexity index is 204. The van der Waals surface area contributed by atoms with Crippen LogP contribution in [0.4, 0.5) is 0 Å². The van der Waals surface area contributed by atoms with Gasteiger partial charge in [0, 0.05) is 10.8 Å². The second-order valence-electron chi connectivity index (χ2n) is 5.58. The van der Waals surface area contributed by atoms with Crippen LogP contribution in [-0.2, 0) is 9.53 Å². The van der Waals surface area contributed by atoms with Crippen LogP contribution in [0, 0.1) is 17.8 Å². The molecule has 102 valence electrons. The highest BCUT2D eigenvalue weighted by Gasteiger charge is 2.11. The molecule has 0 heterocycles. The summed E-state index contributed by atoms with van der Waals surface area (Å²) in [5.41, 5.74) is 0. The molecular formula is C14H27IO2. The number of alkyl halides is 1. The van der Waals surface area contributed by atoms with Gasteiger partial charge in [0.25, 0.3) is 0 Å². The van der Waals surface area contributed by atoms with Crippen LogP contribution >= 0.6 is 22.6 Å². The number of hydrogen-bond donors (Lipinski definition) is 0. The number of carbonyl (C=O) groups is 1. The Morgan fingerprint density at radius 1 is 1.12 bits per heavy atom. The molecule has 0 aliphatic heterocycles. The van der Waals surface area contributed by atoms with Crippen molar-refractivity contribution in [1.29, 1.82) is 0 Å². The predicted octanol–water partition coefficient (Wildman–Crippen LogP) is 4.45. The largest absolute Gasteiger partial charge is 0.465 e. The number of ether oxygens (including phenoxy) is 1. The molecule has 0 saturated carbocycles. The van der Waals surface area contributed by atoms with E-state index >= 15 is 0 Å². The van der Waals surface area contributed by atoms with Gasteiger partial charge in [-0.3, -0.25) is 4.79 Å². The van der Waals surface area contributed by atoms with Crippen LogP contribution in [-0.4, -0.2) is 17.0 Å². The number of hydrogen-bond acceptors (Lipinski definition) is 2. The van der Waals surface area contributed by atoms with E-state index in [0.717, 1.165) is 16.8 Å². The minimum Gasteiger partial charge on any atom is -0.465 e. The molecule has 2 nitrogen and oxygen atoms in total. The summed E-state index contributed by atoms with van der Waals surface area (Å²) >= 11 is 2.32. The lowest BCUT2D eigenvalue weighted by Crippen LogP contribution is -2.15. The average molecular weight is 354 g/mol. The third-order valence-electron chi connectivity index (χ3n) is 2.79. The molecule has 0 spiro atoms. The first-order chi connectivity index (χ1) is 7.95. The van der Waals surface area contributed by atoms with Crippen molar-refractivity contribution in [3.63, 3.8) is 0 Å². The second kappa shape index (κ2) is 10.2. The smallest absolute Gasteiger partial charge is 0.306 e. The Balaban J connectivity index is 3.58. The zero-order valence-electron chi connectivity index (χ0n) is 11.7. The maximum absolute atomic E-state index is 11.5. The normalized spacial score (nSPS) is 14.7. The van der Waals surface area contributed by atoms with Crippen molar-refractivity contribution in [1.82, 2.24) is 0 Å². The summed E-state index contributed by atoms with van der Waals surface area (Å²) in [6.07, 6.45) is 4.18. The van der Waals surface area contributed by atoms with Crippen LogP contribution < -0.4 is 0 Å². The lowest BCUT2D eigenvalue weighted by atomic mass is 9.97. The van der Waals surface area contributed by atoms with Crippen molar-refractivity contribution in [3.05, 3.63) is 0 Å². The standard InChI is InChI=1S/C14H27IO2/c1-11(2)6-5-7-12(3)8-14(16)17-10-13(4)9-15/h11-13H,5-10H2,1-4H3/t12-,13+/m1/s1. The maximum atomic E-state index is 11.5. The predicted molar refractivity (Wildman–Crippen MR) is 81.5 cm³/mol. The summed E-state index contributed by atoms with van der Waals surface area (Å²) in [5.74, 6) is 1.66. The van der Waals surface area contributed by atoms with E-state index in [9.17, 15) is 4.79 Å². The number of halogens is 1. The van der Waals surface area contributed by atoms with E-state index in [-0.39, 0.29) is 5.97 Å². The van der Waals surface area contributed by atoms with Gasteiger partial charge < -0.3 is 4.74 Å². The molecule has 0 fully saturated rings. The Kier molecular flexibility index (Phi) is 10.3. The molecule has 0 amide bonds. The highest BCUT2D eigenvalue weighted by atomic mass is 127. The summed E-state index contributed by atoms with van der Waals surface area (Å²) in [5, 5.41) is 0. The van der Waals surface area contributed by atoms with Gasteiger partial charge in [0.15, 0.2) is 0 Å². The van der Waals surface area contributed by atoms with E-state index < -0.39 is 0 Å². The third-order valence-corrected chi connectivity index (χ3v) is 4.29. The van der Waals surface area contributed by atoms with Crippen molar-refractivity contribution in [2.45, 2.75) is 53.4 Å². The summed E-state index contributed by atoms with van der Waals surface area (Å²) in [6, 6.07) is 0. The van der Waals surface area contributed by atoms with Crippen molar-refractivity contribution in [2.24, 2.45) is 17.8 Å². The molecule has 0 saturated heterocycles. The molecule has 0 unspecified atom stereocenters. The fraction of sp³-hybridized carbons (Fsp3) is 0.929.